The molecule has 1 fully saturated rings. The lowest BCUT2D eigenvalue weighted by atomic mass is 10.2. The van der Waals surface area contributed by atoms with Gasteiger partial charge >= 0.3 is 5.97 Å². The minimum absolute atomic E-state index is 0.0451. The van der Waals surface area contributed by atoms with E-state index < -0.39 is 0 Å². The van der Waals surface area contributed by atoms with E-state index in [0.717, 1.165) is 6.42 Å². The Balaban J connectivity index is 2.16. The number of nitrogens with two attached hydrogens (primary N) is 1. The van der Waals surface area contributed by atoms with Gasteiger partial charge in [-0.3, -0.25) is 4.79 Å². The standard InChI is InChI=1S/C8H15NO3/c1-6(9)4-8(10)12-7-2-3-11-5-7/h6-7H,2-5,9H2,1H3. The molecule has 1 saturated heterocycles. The lowest BCUT2D eigenvalue weighted by Gasteiger charge is -2.10. The number of hydrogen-bond donors (Lipinski definition) is 1. The highest BCUT2D eigenvalue weighted by Crippen LogP contribution is 2.09. The third-order valence-electron chi connectivity index (χ3n) is 1.67. The predicted octanol–water partition coefficient (Wildman–Crippen LogP) is 0.0558. The first-order valence-electron chi connectivity index (χ1n) is 4.21. The minimum Gasteiger partial charge on any atom is -0.460 e. The largest absolute Gasteiger partial charge is 0.460 e. The predicted molar refractivity (Wildman–Crippen MR) is 43.6 cm³/mol. The van der Waals surface area contributed by atoms with Gasteiger partial charge in [0, 0.05) is 12.5 Å². The summed E-state index contributed by atoms with van der Waals surface area (Å²) in [5.74, 6) is -0.222. The van der Waals surface area contributed by atoms with Crippen molar-refractivity contribution in [2.24, 2.45) is 5.73 Å². The first kappa shape index (κ1) is 9.48. The van der Waals surface area contributed by atoms with Crippen molar-refractivity contribution in [2.45, 2.75) is 31.9 Å². The molecule has 1 aliphatic heterocycles. The second kappa shape index (κ2) is 4.42. The van der Waals surface area contributed by atoms with Gasteiger partial charge in [-0.1, -0.05) is 0 Å². The highest BCUT2D eigenvalue weighted by Gasteiger charge is 2.19. The Morgan fingerprint density at radius 1 is 1.83 bits per heavy atom. The average molecular weight is 173 g/mol. The normalized spacial score (nSPS) is 25.3. The maximum absolute atomic E-state index is 11.1. The van der Waals surface area contributed by atoms with Gasteiger partial charge in [-0.25, -0.2) is 0 Å². The van der Waals surface area contributed by atoms with E-state index in [1.165, 1.54) is 0 Å². The summed E-state index contributed by atoms with van der Waals surface area (Å²) in [7, 11) is 0. The molecule has 4 heteroatoms. The van der Waals surface area contributed by atoms with E-state index in [-0.39, 0.29) is 24.5 Å². The summed E-state index contributed by atoms with van der Waals surface area (Å²) < 4.78 is 10.1. The molecular weight excluding hydrogens is 158 g/mol. The molecule has 0 amide bonds. The minimum atomic E-state index is -0.222. The molecule has 2 N–H and O–H groups in total. The van der Waals surface area contributed by atoms with Crippen LogP contribution in [0.25, 0.3) is 0 Å². The maximum atomic E-state index is 11.1. The molecule has 1 rings (SSSR count). The van der Waals surface area contributed by atoms with E-state index in [0.29, 0.717) is 13.2 Å². The first-order chi connectivity index (χ1) is 5.68. The van der Waals surface area contributed by atoms with Crippen LogP contribution in [0.5, 0.6) is 0 Å². The fourth-order valence-corrected chi connectivity index (χ4v) is 1.10. The van der Waals surface area contributed by atoms with Crippen LogP contribution < -0.4 is 5.73 Å². The number of carbonyl (C=O) groups excluding carboxylic acids is 1. The van der Waals surface area contributed by atoms with Crippen molar-refractivity contribution < 1.29 is 14.3 Å². The monoisotopic (exact) mass is 173 g/mol. The van der Waals surface area contributed by atoms with E-state index in [1.807, 2.05) is 0 Å². The SMILES string of the molecule is CC(N)CC(=O)OC1CCOC1. The third kappa shape index (κ3) is 3.19. The molecule has 0 aromatic heterocycles. The Bertz CT molecular complexity index is 152. The van der Waals surface area contributed by atoms with Gasteiger partial charge in [0.1, 0.15) is 6.10 Å². The van der Waals surface area contributed by atoms with Crippen molar-refractivity contribution in [3.05, 3.63) is 0 Å². The molecule has 0 aromatic rings. The van der Waals surface area contributed by atoms with Crippen LogP contribution >= 0.6 is 0 Å². The Morgan fingerprint density at radius 2 is 2.58 bits per heavy atom. The van der Waals surface area contributed by atoms with Gasteiger partial charge in [-0.05, 0) is 6.92 Å². The van der Waals surface area contributed by atoms with Crippen molar-refractivity contribution in [1.82, 2.24) is 0 Å². The van der Waals surface area contributed by atoms with E-state index >= 15 is 0 Å². The van der Waals surface area contributed by atoms with Gasteiger partial charge < -0.3 is 15.2 Å². The lowest BCUT2D eigenvalue weighted by Crippen LogP contribution is -2.25. The van der Waals surface area contributed by atoms with Gasteiger partial charge in [-0.15, -0.1) is 0 Å². The van der Waals surface area contributed by atoms with Gasteiger partial charge in [0.2, 0.25) is 0 Å². The Labute approximate surface area is 72.0 Å². The molecular formula is C8H15NO3. The third-order valence-corrected chi connectivity index (χ3v) is 1.67. The molecule has 0 bridgehead atoms. The number of esters is 1. The average Bonchev–Trinajstić information content (AvgIpc) is 2.37. The van der Waals surface area contributed by atoms with Crippen LogP contribution in [0.1, 0.15) is 19.8 Å². The van der Waals surface area contributed by atoms with Crippen LogP contribution in [-0.2, 0) is 14.3 Å². The number of ether oxygens (including phenoxy) is 2. The molecule has 2 unspecified atom stereocenters. The van der Waals surface area contributed by atoms with Crippen molar-refractivity contribution in [1.29, 1.82) is 0 Å². The Kier molecular flexibility index (Phi) is 3.49. The van der Waals surface area contributed by atoms with Crippen molar-refractivity contribution in [2.75, 3.05) is 13.2 Å². The Hall–Kier alpha value is -0.610. The molecule has 0 radical (unpaired) electrons. The lowest BCUT2D eigenvalue weighted by molar-refractivity contribution is -0.149. The van der Waals surface area contributed by atoms with Crippen LogP contribution in [0.4, 0.5) is 0 Å². The van der Waals surface area contributed by atoms with Crippen LogP contribution in [-0.4, -0.2) is 31.3 Å². The zero-order chi connectivity index (χ0) is 8.97. The second-order valence-corrected chi connectivity index (χ2v) is 3.16. The molecule has 0 saturated carbocycles. The van der Waals surface area contributed by atoms with Gasteiger partial charge in [0.15, 0.2) is 0 Å². The highest BCUT2D eigenvalue weighted by molar-refractivity contribution is 5.70. The molecule has 1 heterocycles. The smallest absolute Gasteiger partial charge is 0.307 e. The summed E-state index contributed by atoms with van der Waals surface area (Å²) in [6, 6.07) is -0.125. The zero-order valence-corrected chi connectivity index (χ0v) is 7.29. The zero-order valence-electron chi connectivity index (χ0n) is 7.29. The first-order valence-corrected chi connectivity index (χ1v) is 4.21. The topological polar surface area (TPSA) is 61.6 Å². The molecule has 4 nitrogen and oxygen atoms in total. The number of carbonyl (C=O) groups is 1. The maximum Gasteiger partial charge on any atom is 0.307 e. The van der Waals surface area contributed by atoms with E-state index in [9.17, 15) is 4.79 Å². The highest BCUT2D eigenvalue weighted by atomic mass is 16.6. The molecule has 1 aliphatic rings. The van der Waals surface area contributed by atoms with Crippen LogP contribution in [0, 0.1) is 0 Å². The summed E-state index contributed by atoms with van der Waals surface area (Å²) in [5.41, 5.74) is 5.44. The molecule has 0 spiro atoms. The van der Waals surface area contributed by atoms with Crippen LogP contribution in [0.2, 0.25) is 0 Å². The fourth-order valence-electron chi connectivity index (χ4n) is 1.10. The summed E-state index contributed by atoms with van der Waals surface area (Å²) in [5, 5.41) is 0. The molecule has 70 valence electrons. The summed E-state index contributed by atoms with van der Waals surface area (Å²) in [6.45, 7) is 3.01. The Morgan fingerprint density at radius 3 is 3.08 bits per heavy atom. The van der Waals surface area contributed by atoms with E-state index in [1.54, 1.807) is 6.92 Å². The van der Waals surface area contributed by atoms with Crippen LogP contribution in [0.3, 0.4) is 0 Å². The van der Waals surface area contributed by atoms with Gasteiger partial charge in [0.25, 0.3) is 0 Å². The second-order valence-electron chi connectivity index (χ2n) is 3.16. The summed E-state index contributed by atoms with van der Waals surface area (Å²) in [6.07, 6.45) is 1.05. The molecule has 2 atom stereocenters. The van der Waals surface area contributed by atoms with Gasteiger partial charge in [0.05, 0.1) is 19.6 Å². The summed E-state index contributed by atoms with van der Waals surface area (Å²) >= 11 is 0. The molecule has 0 aliphatic carbocycles. The van der Waals surface area contributed by atoms with E-state index in [2.05, 4.69) is 0 Å². The quantitative estimate of drug-likeness (QED) is 0.613. The van der Waals surface area contributed by atoms with E-state index in [4.69, 9.17) is 15.2 Å². The fraction of sp³-hybridized carbons (Fsp3) is 0.875. The van der Waals surface area contributed by atoms with Crippen molar-refractivity contribution >= 4 is 5.97 Å². The van der Waals surface area contributed by atoms with Crippen LogP contribution in [0.15, 0.2) is 0 Å². The van der Waals surface area contributed by atoms with Crippen molar-refractivity contribution in [3.8, 4) is 0 Å². The number of hydrogen-bond acceptors (Lipinski definition) is 4. The van der Waals surface area contributed by atoms with Crippen molar-refractivity contribution in [3.63, 3.8) is 0 Å². The van der Waals surface area contributed by atoms with Gasteiger partial charge in [-0.2, -0.15) is 0 Å². The molecule has 12 heavy (non-hydrogen) atoms. The molecule has 0 aromatic carbocycles. The number of rotatable bonds is 3. The summed E-state index contributed by atoms with van der Waals surface area (Å²) in [4.78, 5) is 11.1.